The zero-order valence-electron chi connectivity index (χ0n) is 7.45. The molecule has 0 fully saturated rings. The van der Waals surface area contributed by atoms with E-state index in [9.17, 15) is 4.79 Å². The molecule has 1 aromatic heterocycles. The summed E-state index contributed by atoms with van der Waals surface area (Å²) in [6.45, 7) is 0. The molecule has 5 heteroatoms. The Hall–Kier alpha value is -0.850. The molecule has 13 heavy (non-hydrogen) atoms. The fraction of sp³-hybridized carbons (Fsp3) is 0.250. The molecule has 4 nitrogen and oxygen atoms in total. The van der Waals surface area contributed by atoms with Gasteiger partial charge in [-0.1, -0.05) is 6.07 Å². The highest BCUT2D eigenvalue weighted by molar-refractivity contribution is 5.82. The number of anilines is 1. The standard InChI is InChI=1S/C8H10N2O2.HI/c1-10-6-4-3-5-7(10)9-8(11)12-2;/h3-6H,1-2H3;1H. The van der Waals surface area contributed by atoms with Crippen molar-refractivity contribution in [3.05, 3.63) is 24.4 Å². The van der Waals surface area contributed by atoms with Crippen molar-refractivity contribution in [2.24, 2.45) is 7.05 Å². The van der Waals surface area contributed by atoms with Crippen molar-refractivity contribution in [1.82, 2.24) is 0 Å². The quantitative estimate of drug-likeness (QED) is 0.467. The van der Waals surface area contributed by atoms with Crippen molar-refractivity contribution >= 4 is 11.9 Å². The Balaban J connectivity index is 0.00000144. The molecule has 0 radical (unpaired) electrons. The monoisotopic (exact) mass is 294 g/mol. The number of carbonyl (C=O) groups excluding carboxylic acids is 1. The van der Waals surface area contributed by atoms with E-state index in [1.165, 1.54) is 7.11 Å². The largest absolute Gasteiger partial charge is 1.00 e. The van der Waals surface area contributed by atoms with Gasteiger partial charge in [0.2, 0.25) is 0 Å². The maximum absolute atomic E-state index is 10.8. The molecule has 0 atom stereocenters. The van der Waals surface area contributed by atoms with Crippen LogP contribution in [-0.2, 0) is 11.8 Å². The molecule has 1 amide bonds. The number of methoxy groups -OCH3 is 1. The number of nitrogens with one attached hydrogen (secondary N) is 1. The Morgan fingerprint density at radius 1 is 1.54 bits per heavy atom. The lowest BCUT2D eigenvalue weighted by Gasteiger charge is -1.98. The average molecular weight is 294 g/mol. The predicted octanol–water partition coefficient (Wildman–Crippen LogP) is -2.31. The lowest BCUT2D eigenvalue weighted by molar-refractivity contribution is -0.657. The summed E-state index contributed by atoms with van der Waals surface area (Å²) >= 11 is 0. The van der Waals surface area contributed by atoms with Gasteiger partial charge in [-0.2, -0.15) is 10.1 Å². The second kappa shape index (κ2) is 5.74. The molecule has 0 aliphatic heterocycles. The van der Waals surface area contributed by atoms with Gasteiger partial charge in [0.15, 0.2) is 0 Å². The van der Waals surface area contributed by atoms with E-state index in [0.29, 0.717) is 5.82 Å². The van der Waals surface area contributed by atoms with E-state index < -0.39 is 6.09 Å². The third-order valence-corrected chi connectivity index (χ3v) is 1.47. The summed E-state index contributed by atoms with van der Waals surface area (Å²) in [5, 5.41) is 2.56. The minimum absolute atomic E-state index is 0. The SMILES string of the molecule is COC(=O)Nc1cccc[n+]1C.[I-]. The van der Waals surface area contributed by atoms with Gasteiger partial charge in [-0.15, -0.1) is 0 Å². The summed E-state index contributed by atoms with van der Waals surface area (Å²) < 4.78 is 6.23. The van der Waals surface area contributed by atoms with Crippen molar-refractivity contribution in [1.29, 1.82) is 0 Å². The van der Waals surface area contributed by atoms with Crippen molar-refractivity contribution in [3.63, 3.8) is 0 Å². The third-order valence-electron chi connectivity index (χ3n) is 1.47. The second-order valence-electron chi connectivity index (χ2n) is 2.31. The molecular weight excluding hydrogens is 283 g/mol. The van der Waals surface area contributed by atoms with Crippen LogP contribution in [0.15, 0.2) is 24.4 Å². The maximum atomic E-state index is 10.8. The van der Waals surface area contributed by atoms with Crippen molar-refractivity contribution in [2.45, 2.75) is 0 Å². The fourth-order valence-electron chi connectivity index (χ4n) is 0.809. The molecule has 72 valence electrons. The van der Waals surface area contributed by atoms with Crippen LogP contribution in [0.25, 0.3) is 0 Å². The number of nitrogens with zero attached hydrogens (tertiary/aromatic N) is 1. The van der Waals surface area contributed by atoms with Crippen LogP contribution in [0.5, 0.6) is 0 Å². The average Bonchev–Trinajstić information content (AvgIpc) is 2.09. The van der Waals surface area contributed by atoms with E-state index >= 15 is 0 Å². The van der Waals surface area contributed by atoms with E-state index in [-0.39, 0.29) is 24.0 Å². The van der Waals surface area contributed by atoms with E-state index in [2.05, 4.69) is 10.1 Å². The number of hydrogen-bond donors (Lipinski definition) is 1. The number of ether oxygens (including phenoxy) is 1. The maximum Gasteiger partial charge on any atom is 0.504 e. The van der Waals surface area contributed by atoms with Crippen molar-refractivity contribution in [3.8, 4) is 0 Å². The van der Waals surface area contributed by atoms with Crippen molar-refractivity contribution < 1.29 is 38.1 Å². The summed E-state index contributed by atoms with van der Waals surface area (Å²) in [5.41, 5.74) is 0. The number of halogens is 1. The third kappa shape index (κ3) is 3.58. The van der Waals surface area contributed by atoms with Gasteiger partial charge in [0.05, 0.1) is 20.4 Å². The molecule has 0 saturated heterocycles. The summed E-state index contributed by atoms with van der Waals surface area (Å²) in [6.07, 6.45) is 1.38. The van der Waals surface area contributed by atoms with Crippen molar-refractivity contribution in [2.75, 3.05) is 12.4 Å². The Labute approximate surface area is 93.9 Å². The van der Waals surface area contributed by atoms with Crippen LogP contribution in [-0.4, -0.2) is 13.2 Å². The second-order valence-corrected chi connectivity index (χ2v) is 2.31. The zero-order chi connectivity index (χ0) is 8.97. The summed E-state index contributed by atoms with van der Waals surface area (Å²) in [5.74, 6) is 0.698. The fourth-order valence-corrected chi connectivity index (χ4v) is 0.809. The molecule has 0 unspecified atom stereocenters. The zero-order valence-corrected chi connectivity index (χ0v) is 9.61. The molecule has 0 aliphatic carbocycles. The molecule has 1 N–H and O–H groups in total. The van der Waals surface area contributed by atoms with Gasteiger partial charge in [0.1, 0.15) is 0 Å². The van der Waals surface area contributed by atoms with E-state index in [0.717, 1.165) is 0 Å². The lowest BCUT2D eigenvalue weighted by Crippen LogP contribution is -3.00. The van der Waals surface area contributed by atoms with Crippen LogP contribution in [0, 0.1) is 0 Å². The Kier molecular flexibility index (Phi) is 5.36. The normalized spacial score (nSPS) is 8.46. The molecule has 0 spiro atoms. The smallest absolute Gasteiger partial charge is 0.504 e. The van der Waals surface area contributed by atoms with Crippen LogP contribution in [0.3, 0.4) is 0 Å². The number of hydrogen-bond acceptors (Lipinski definition) is 2. The Bertz CT molecular complexity index is 291. The molecule has 0 aliphatic rings. The number of aromatic nitrogens is 1. The van der Waals surface area contributed by atoms with Gasteiger partial charge in [0, 0.05) is 6.07 Å². The number of pyridine rings is 1. The van der Waals surface area contributed by atoms with E-state index in [1.807, 2.05) is 25.4 Å². The highest BCUT2D eigenvalue weighted by Crippen LogP contribution is 1.96. The van der Waals surface area contributed by atoms with Crippen LogP contribution < -0.4 is 33.9 Å². The van der Waals surface area contributed by atoms with Gasteiger partial charge in [-0.3, -0.25) is 0 Å². The van der Waals surface area contributed by atoms with Gasteiger partial charge in [0.25, 0.3) is 5.82 Å². The minimum atomic E-state index is -0.461. The first-order valence-corrected chi connectivity index (χ1v) is 3.53. The van der Waals surface area contributed by atoms with Crippen LogP contribution in [0.1, 0.15) is 0 Å². The van der Waals surface area contributed by atoms with Crippen LogP contribution in [0.4, 0.5) is 10.6 Å². The number of rotatable bonds is 1. The van der Waals surface area contributed by atoms with Gasteiger partial charge in [-0.25, -0.2) is 4.57 Å². The highest BCUT2D eigenvalue weighted by Gasteiger charge is 2.09. The van der Waals surface area contributed by atoms with E-state index in [1.54, 1.807) is 10.6 Å². The van der Waals surface area contributed by atoms with Gasteiger partial charge >= 0.3 is 6.09 Å². The van der Waals surface area contributed by atoms with Crippen LogP contribution >= 0.6 is 0 Å². The molecule has 1 heterocycles. The number of amides is 1. The molecule has 1 aromatic rings. The summed E-state index contributed by atoms with van der Waals surface area (Å²) in [4.78, 5) is 10.8. The first-order chi connectivity index (χ1) is 5.74. The molecule has 0 bridgehead atoms. The summed E-state index contributed by atoms with van der Waals surface area (Å²) in [7, 11) is 3.17. The summed E-state index contributed by atoms with van der Waals surface area (Å²) in [6, 6.07) is 5.50. The number of carbonyl (C=O) groups is 1. The first kappa shape index (κ1) is 12.2. The number of aryl methyl sites for hydroxylation is 1. The lowest BCUT2D eigenvalue weighted by atomic mass is 10.4. The van der Waals surface area contributed by atoms with Crippen LogP contribution in [0.2, 0.25) is 0 Å². The minimum Gasteiger partial charge on any atom is -1.00 e. The topological polar surface area (TPSA) is 42.2 Å². The first-order valence-electron chi connectivity index (χ1n) is 3.53. The highest BCUT2D eigenvalue weighted by atomic mass is 127. The van der Waals surface area contributed by atoms with E-state index in [4.69, 9.17) is 0 Å². The molecular formula is C8H11IN2O2. The Morgan fingerprint density at radius 2 is 2.23 bits per heavy atom. The molecule has 1 rings (SSSR count). The molecule has 0 saturated carbocycles. The van der Waals surface area contributed by atoms with Gasteiger partial charge < -0.3 is 28.7 Å². The Morgan fingerprint density at radius 3 is 2.77 bits per heavy atom. The van der Waals surface area contributed by atoms with Gasteiger partial charge in [-0.05, 0) is 6.07 Å². The predicted molar refractivity (Wildman–Crippen MR) is 43.6 cm³/mol. The molecule has 0 aromatic carbocycles.